The average Bonchev–Trinajstić information content (AvgIpc) is 2.91. The van der Waals surface area contributed by atoms with Crippen molar-refractivity contribution in [2.24, 2.45) is 0 Å². The molecule has 0 aliphatic carbocycles. The van der Waals surface area contributed by atoms with E-state index in [1.807, 2.05) is 29.6 Å². The molecule has 0 saturated heterocycles. The first-order valence-corrected chi connectivity index (χ1v) is 7.01. The Labute approximate surface area is 116 Å². The van der Waals surface area contributed by atoms with Crippen LogP contribution in [0.15, 0.2) is 29.6 Å². The molecule has 0 fully saturated rings. The van der Waals surface area contributed by atoms with Gasteiger partial charge in [0.15, 0.2) is 0 Å². The molecule has 0 spiro atoms. The first-order chi connectivity index (χ1) is 9.31. The summed E-state index contributed by atoms with van der Waals surface area (Å²) < 4.78 is 10.8. The quantitative estimate of drug-likeness (QED) is 0.846. The summed E-state index contributed by atoms with van der Waals surface area (Å²) in [5, 5.41) is 11.7. The number of methoxy groups -OCH3 is 1. The number of aryl methyl sites for hydroxylation is 1. The second-order valence-electron chi connectivity index (χ2n) is 4.03. The maximum Gasteiger partial charge on any atom is 0.140 e. The third-order valence-electron chi connectivity index (χ3n) is 2.59. The summed E-state index contributed by atoms with van der Waals surface area (Å²) in [6.07, 6.45) is 1.56. The van der Waals surface area contributed by atoms with E-state index in [-0.39, 0.29) is 6.61 Å². The predicted octanol–water partition coefficient (Wildman–Crippen LogP) is 2.66. The monoisotopic (exact) mass is 279 g/mol. The zero-order valence-corrected chi connectivity index (χ0v) is 11.7. The molecular weight excluding hydrogens is 262 g/mol. The lowest BCUT2D eigenvalue weighted by Crippen LogP contribution is -1.96. The van der Waals surface area contributed by atoms with Crippen LogP contribution < -0.4 is 9.47 Å². The van der Waals surface area contributed by atoms with E-state index in [9.17, 15) is 0 Å². The van der Waals surface area contributed by atoms with Gasteiger partial charge in [-0.2, -0.15) is 0 Å². The first kappa shape index (κ1) is 13.8. The highest BCUT2D eigenvalue weighted by Crippen LogP contribution is 2.20. The van der Waals surface area contributed by atoms with Crippen molar-refractivity contribution in [3.05, 3.63) is 40.3 Å². The van der Waals surface area contributed by atoms with Crippen LogP contribution >= 0.6 is 11.3 Å². The Morgan fingerprint density at radius 2 is 2.16 bits per heavy atom. The molecule has 0 aliphatic rings. The summed E-state index contributed by atoms with van der Waals surface area (Å²) in [5.74, 6) is 1.55. The fourth-order valence-corrected chi connectivity index (χ4v) is 2.37. The lowest BCUT2D eigenvalue weighted by Gasteiger charge is -2.05. The molecule has 102 valence electrons. The molecule has 1 heterocycles. The lowest BCUT2D eigenvalue weighted by atomic mass is 10.3. The van der Waals surface area contributed by atoms with E-state index < -0.39 is 0 Å². The van der Waals surface area contributed by atoms with E-state index in [1.165, 1.54) is 0 Å². The Hall–Kier alpha value is -1.59. The fourth-order valence-electron chi connectivity index (χ4n) is 1.63. The molecule has 1 N–H and O–H groups in total. The molecule has 4 nitrogen and oxygen atoms in total. The van der Waals surface area contributed by atoms with Crippen LogP contribution in [-0.2, 0) is 13.0 Å². The minimum atomic E-state index is 0.202. The van der Waals surface area contributed by atoms with Gasteiger partial charge in [0.2, 0.25) is 0 Å². The number of hydrogen-bond acceptors (Lipinski definition) is 5. The second-order valence-corrected chi connectivity index (χ2v) is 4.97. The van der Waals surface area contributed by atoms with E-state index in [0.29, 0.717) is 6.61 Å². The van der Waals surface area contributed by atoms with Crippen LogP contribution in [0.25, 0.3) is 0 Å². The number of thiazole rings is 1. The van der Waals surface area contributed by atoms with Crippen molar-refractivity contribution >= 4 is 11.3 Å². The molecule has 0 amide bonds. The molecule has 2 aromatic rings. The summed E-state index contributed by atoms with van der Waals surface area (Å²) >= 11 is 1.58. The Kier molecular flexibility index (Phi) is 5.18. The first-order valence-electron chi connectivity index (χ1n) is 6.13. The van der Waals surface area contributed by atoms with Crippen molar-refractivity contribution in [2.75, 3.05) is 13.7 Å². The number of benzene rings is 1. The van der Waals surface area contributed by atoms with E-state index in [2.05, 4.69) is 4.98 Å². The zero-order valence-electron chi connectivity index (χ0n) is 10.8. The van der Waals surface area contributed by atoms with Crippen LogP contribution in [0.1, 0.15) is 17.1 Å². The van der Waals surface area contributed by atoms with E-state index in [0.717, 1.165) is 35.0 Å². The molecular formula is C14H17NO3S. The number of aliphatic hydroxyl groups excluding tert-OH is 1. The number of aromatic nitrogens is 1. The standard InChI is InChI=1S/C14H17NO3S/c1-17-12-5-2-6-13(8-12)18-9-14-15-11(10-19-14)4-3-7-16/h2,5-6,8,10,16H,3-4,7,9H2,1H3. The molecule has 0 saturated carbocycles. The minimum Gasteiger partial charge on any atom is -0.497 e. The number of ether oxygens (including phenoxy) is 2. The van der Waals surface area contributed by atoms with Crippen LogP contribution in [0.4, 0.5) is 0 Å². The molecule has 1 aromatic heterocycles. The van der Waals surface area contributed by atoms with Crippen LogP contribution in [0, 0.1) is 0 Å². The van der Waals surface area contributed by atoms with Crippen LogP contribution in [0.2, 0.25) is 0 Å². The molecule has 0 atom stereocenters. The minimum absolute atomic E-state index is 0.202. The van der Waals surface area contributed by atoms with Crippen molar-refractivity contribution in [3.63, 3.8) is 0 Å². The van der Waals surface area contributed by atoms with Crippen LogP contribution in [0.3, 0.4) is 0 Å². The molecule has 2 rings (SSSR count). The Bertz CT molecular complexity index is 513. The maximum atomic E-state index is 8.77. The van der Waals surface area contributed by atoms with Gasteiger partial charge in [0, 0.05) is 18.1 Å². The highest BCUT2D eigenvalue weighted by atomic mass is 32.1. The molecule has 0 radical (unpaired) electrons. The van der Waals surface area contributed by atoms with Gasteiger partial charge in [0.25, 0.3) is 0 Å². The van der Waals surface area contributed by atoms with Crippen LogP contribution in [-0.4, -0.2) is 23.8 Å². The average molecular weight is 279 g/mol. The fraction of sp³-hybridized carbons (Fsp3) is 0.357. The second kappa shape index (κ2) is 7.11. The number of nitrogens with zero attached hydrogens (tertiary/aromatic N) is 1. The number of hydrogen-bond donors (Lipinski definition) is 1. The molecule has 0 bridgehead atoms. The Morgan fingerprint density at radius 3 is 2.95 bits per heavy atom. The van der Waals surface area contributed by atoms with E-state index >= 15 is 0 Å². The highest BCUT2D eigenvalue weighted by molar-refractivity contribution is 7.09. The van der Waals surface area contributed by atoms with Gasteiger partial charge in [0.05, 0.1) is 12.8 Å². The van der Waals surface area contributed by atoms with Gasteiger partial charge in [-0.05, 0) is 25.0 Å². The van der Waals surface area contributed by atoms with Gasteiger partial charge in [-0.1, -0.05) is 6.07 Å². The Morgan fingerprint density at radius 1 is 1.32 bits per heavy atom. The smallest absolute Gasteiger partial charge is 0.140 e. The summed E-state index contributed by atoms with van der Waals surface area (Å²) in [7, 11) is 1.63. The van der Waals surface area contributed by atoms with Crippen molar-refractivity contribution < 1.29 is 14.6 Å². The van der Waals surface area contributed by atoms with Crippen molar-refractivity contribution in [1.29, 1.82) is 0 Å². The normalized spacial score (nSPS) is 10.4. The molecule has 1 aromatic carbocycles. The Balaban J connectivity index is 1.89. The summed E-state index contributed by atoms with van der Waals surface area (Å²) in [4.78, 5) is 4.46. The van der Waals surface area contributed by atoms with Gasteiger partial charge < -0.3 is 14.6 Å². The molecule has 5 heteroatoms. The summed E-state index contributed by atoms with van der Waals surface area (Å²) in [5.41, 5.74) is 1.02. The third-order valence-corrected chi connectivity index (χ3v) is 3.46. The third kappa shape index (κ3) is 4.22. The lowest BCUT2D eigenvalue weighted by molar-refractivity contribution is 0.287. The van der Waals surface area contributed by atoms with Crippen LogP contribution in [0.5, 0.6) is 11.5 Å². The van der Waals surface area contributed by atoms with Crippen molar-refractivity contribution in [2.45, 2.75) is 19.4 Å². The number of rotatable bonds is 7. The summed E-state index contributed by atoms with van der Waals surface area (Å²) in [6.45, 7) is 0.657. The van der Waals surface area contributed by atoms with Crippen molar-refractivity contribution in [3.8, 4) is 11.5 Å². The highest BCUT2D eigenvalue weighted by Gasteiger charge is 2.03. The molecule has 0 aliphatic heterocycles. The van der Waals surface area contributed by atoms with Gasteiger partial charge in [0.1, 0.15) is 23.1 Å². The largest absolute Gasteiger partial charge is 0.497 e. The maximum absolute atomic E-state index is 8.77. The van der Waals surface area contributed by atoms with Gasteiger partial charge in [-0.25, -0.2) is 4.98 Å². The SMILES string of the molecule is COc1cccc(OCc2nc(CCCO)cs2)c1. The van der Waals surface area contributed by atoms with Gasteiger partial charge in [-0.15, -0.1) is 11.3 Å². The molecule has 19 heavy (non-hydrogen) atoms. The van der Waals surface area contributed by atoms with E-state index in [1.54, 1.807) is 18.4 Å². The van der Waals surface area contributed by atoms with Crippen molar-refractivity contribution in [1.82, 2.24) is 4.98 Å². The molecule has 0 unspecified atom stereocenters. The summed E-state index contributed by atoms with van der Waals surface area (Å²) in [6, 6.07) is 7.51. The van der Waals surface area contributed by atoms with E-state index in [4.69, 9.17) is 14.6 Å². The predicted molar refractivity (Wildman–Crippen MR) is 74.8 cm³/mol. The zero-order chi connectivity index (χ0) is 13.5. The topological polar surface area (TPSA) is 51.6 Å². The van der Waals surface area contributed by atoms with Gasteiger partial charge >= 0.3 is 0 Å². The van der Waals surface area contributed by atoms with Gasteiger partial charge in [-0.3, -0.25) is 0 Å². The number of aliphatic hydroxyl groups is 1.